The van der Waals surface area contributed by atoms with E-state index in [2.05, 4.69) is 25.1 Å². The Hall–Kier alpha value is -4.42. The summed E-state index contributed by atoms with van der Waals surface area (Å²) in [5.74, 6) is 2.03. The highest BCUT2D eigenvalue weighted by Gasteiger charge is 2.31. The largest absolute Gasteiger partial charge is 0.494 e. The number of imidazole rings is 1. The number of benzene rings is 2. The van der Waals surface area contributed by atoms with Crippen LogP contribution in [0.5, 0.6) is 17.2 Å². The SMILES string of the molecule is COc1ccc(CN2CCN(c3cc(Cl)nc(-n4ccnc4)n3)C(CC(=O)NC(C)c3ccc4c(c3)OCO4)C2)cc1F. The second kappa shape index (κ2) is 12.4. The third kappa shape index (κ3) is 6.50. The Morgan fingerprint density at radius 2 is 2.02 bits per heavy atom. The molecule has 2 unspecified atom stereocenters. The molecule has 0 radical (unpaired) electrons. The summed E-state index contributed by atoms with van der Waals surface area (Å²) in [6, 6.07) is 11.8. The summed E-state index contributed by atoms with van der Waals surface area (Å²) >= 11 is 6.43. The molecule has 4 aromatic rings. The zero-order chi connectivity index (χ0) is 29.9. The van der Waals surface area contributed by atoms with Crippen LogP contribution in [0.1, 0.15) is 30.5 Å². The van der Waals surface area contributed by atoms with Crippen molar-refractivity contribution in [3.63, 3.8) is 0 Å². The first-order valence-electron chi connectivity index (χ1n) is 13.9. The number of ether oxygens (including phenoxy) is 3. The summed E-state index contributed by atoms with van der Waals surface area (Å²) in [5.41, 5.74) is 1.73. The standard InChI is InChI=1S/C30H31ClFN7O4/c1-19(21-4-6-25-26(12-21)43-18-42-25)34-29(40)13-22-16-37(15-20-3-5-24(41-2)23(32)11-20)9-10-39(22)28-14-27(31)35-30(36-28)38-8-7-33-17-38/h3-8,11-12,14,17,19,22H,9-10,13,15-16,18H2,1-2H3,(H,34,40). The molecule has 0 bridgehead atoms. The van der Waals surface area contributed by atoms with E-state index in [1.165, 1.54) is 13.2 Å². The minimum absolute atomic E-state index is 0.118. The molecule has 43 heavy (non-hydrogen) atoms. The molecule has 1 N–H and O–H groups in total. The molecule has 224 valence electrons. The van der Waals surface area contributed by atoms with Crippen molar-refractivity contribution in [1.82, 2.24) is 29.7 Å². The Labute approximate surface area is 253 Å². The van der Waals surface area contributed by atoms with Gasteiger partial charge in [-0.2, -0.15) is 4.98 Å². The van der Waals surface area contributed by atoms with Crippen LogP contribution < -0.4 is 24.4 Å². The molecule has 4 heterocycles. The van der Waals surface area contributed by atoms with Crippen molar-refractivity contribution < 1.29 is 23.4 Å². The molecule has 1 fully saturated rings. The van der Waals surface area contributed by atoms with Gasteiger partial charge < -0.3 is 24.4 Å². The van der Waals surface area contributed by atoms with Crippen LogP contribution >= 0.6 is 11.6 Å². The van der Waals surface area contributed by atoms with Crippen LogP contribution in [0.4, 0.5) is 10.2 Å². The number of nitrogens with zero attached hydrogens (tertiary/aromatic N) is 6. The quantitative estimate of drug-likeness (QED) is 0.281. The number of amides is 1. The molecule has 2 aromatic heterocycles. The molecule has 2 aliphatic heterocycles. The Bertz CT molecular complexity index is 1610. The van der Waals surface area contributed by atoms with E-state index in [0.29, 0.717) is 49.4 Å². The fraction of sp³-hybridized carbons (Fsp3) is 0.333. The van der Waals surface area contributed by atoms with Gasteiger partial charge in [0.2, 0.25) is 18.6 Å². The zero-order valence-corrected chi connectivity index (χ0v) is 24.5. The van der Waals surface area contributed by atoms with Crippen LogP contribution in [0.2, 0.25) is 5.15 Å². The normalized spacial score (nSPS) is 17.1. The van der Waals surface area contributed by atoms with Gasteiger partial charge in [0, 0.05) is 51.1 Å². The van der Waals surface area contributed by atoms with Crippen molar-refractivity contribution in [2.45, 2.75) is 32.0 Å². The maximum atomic E-state index is 14.4. The van der Waals surface area contributed by atoms with Gasteiger partial charge in [0.05, 0.1) is 19.2 Å². The number of fused-ring (bicyclic) bond motifs is 1. The van der Waals surface area contributed by atoms with Crippen molar-refractivity contribution in [3.05, 3.63) is 83.3 Å². The number of nitrogens with one attached hydrogen (secondary N) is 1. The Morgan fingerprint density at radius 3 is 2.81 bits per heavy atom. The molecule has 11 nitrogen and oxygen atoms in total. The first-order chi connectivity index (χ1) is 20.9. The molecular formula is C30H31ClFN7O4. The van der Waals surface area contributed by atoms with Gasteiger partial charge in [-0.3, -0.25) is 14.3 Å². The van der Waals surface area contributed by atoms with Crippen LogP contribution in [-0.4, -0.2) is 69.9 Å². The number of carbonyl (C=O) groups is 1. The fourth-order valence-corrected chi connectivity index (χ4v) is 5.59. The highest BCUT2D eigenvalue weighted by molar-refractivity contribution is 6.29. The van der Waals surface area contributed by atoms with Gasteiger partial charge in [-0.1, -0.05) is 23.7 Å². The lowest BCUT2D eigenvalue weighted by atomic mass is 10.0. The molecule has 13 heteroatoms. The molecule has 0 aliphatic carbocycles. The van der Waals surface area contributed by atoms with Gasteiger partial charge >= 0.3 is 0 Å². The predicted octanol–water partition coefficient (Wildman–Crippen LogP) is 4.15. The molecule has 6 rings (SSSR count). The van der Waals surface area contributed by atoms with Gasteiger partial charge in [-0.25, -0.2) is 14.4 Å². The zero-order valence-electron chi connectivity index (χ0n) is 23.7. The lowest BCUT2D eigenvalue weighted by molar-refractivity contribution is -0.122. The van der Waals surface area contributed by atoms with Crippen molar-refractivity contribution in [1.29, 1.82) is 0 Å². The summed E-state index contributed by atoms with van der Waals surface area (Å²) in [5, 5.41) is 3.40. The number of hydrogen-bond donors (Lipinski definition) is 1. The number of aromatic nitrogens is 4. The van der Waals surface area contributed by atoms with Gasteiger partial charge in [0.15, 0.2) is 23.1 Å². The summed E-state index contributed by atoms with van der Waals surface area (Å²) in [4.78, 5) is 30.9. The van der Waals surface area contributed by atoms with Crippen LogP contribution in [-0.2, 0) is 11.3 Å². The summed E-state index contributed by atoms with van der Waals surface area (Å²) < 4.78 is 32.1. The van der Waals surface area contributed by atoms with E-state index in [9.17, 15) is 9.18 Å². The summed E-state index contributed by atoms with van der Waals surface area (Å²) in [6.07, 6.45) is 5.18. The highest BCUT2D eigenvalue weighted by atomic mass is 35.5. The average Bonchev–Trinajstić information content (AvgIpc) is 3.69. The van der Waals surface area contributed by atoms with E-state index in [-0.39, 0.29) is 42.1 Å². The molecule has 0 spiro atoms. The Morgan fingerprint density at radius 1 is 1.16 bits per heavy atom. The topological polar surface area (TPSA) is 107 Å². The number of methoxy groups -OCH3 is 1. The molecule has 2 aliphatic rings. The molecule has 0 saturated carbocycles. The second-order valence-corrected chi connectivity index (χ2v) is 10.9. The summed E-state index contributed by atoms with van der Waals surface area (Å²) in [7, 11) is 1.44. The van der Waals surface area contributed by atoms with E-state index in [0.717, 1.165) is 11.1 Å². The van der Waals surface area contributed by atoms with Gasteiger partial charge in [-0.15, -0.1) is 0 Å². The first-order valence-corrected chi connectivity index (χ1v) is 14.3. The minimum Gasteiger partial charge on any atom is -0.494 e. The maximum absolute atomic E-state index is 14.4. The van der Waals surface area contributed by atoms with E-state index >= 15 is 0 Å². The third-order valence-corrected chi connectivity index (χ3v) is 7.78. The van der Waals surface area contributed by atoms with Crippen LogP contribution in [0, 0.1) is 5.82 Å². The van der Waals surface area contributed by atoms with Crippen molar-refractivity contribution in [2.75, 3.05) is 38.4 Å². The smallest absolute Gasteiger partial charge is 0.238 e. The van der Waals surface area contributed by atoms with Gasteiger partial charge in [0.1, 0.15) is 17.3 Å². The number of hydrogen-bond acceptors (Lipinski definition) is 9. The van der Waals surface area contributed by atoms with Gasteiger partial charge in [-0.05, 0) is 42.3 Å². The van der Waals surface area contributed by atoms with Gasteiger partial charge in [0.25, 0.3) is 0 Å². The van der Waals surface area contributed by atoms with Crippen LogP contribution in [0.25, 0.3) is 5.95 Å². The van der Waals surface area contributed by atoms with E-state index < -0.39 is 5.82 Å². The number of carbonyl (C=O) groups excluding carboxylic acids is 1. The number of anilines is 1. The van der Waals surface area contributed by atoms with E-state index in [1.54, 1.807) is 35.4 Å². The minimum atomic E-state index is -0.408. The van der Waals surface area contributed by atoms with E-state index in [4.69, 9.17) is 30.8 Å². The predicted molar refractivity (Wildman–Crippen MR) is 157 cm³/mol. The highest BCUT2D eigenvalue weighted by Crippen LogP contribution is 2.34. The van der Waals surface area contributed by atoms with Crippen molar-refractivity contribution >= 4 is 23.3 Å². The Balaban J connectivity index is 1.21. The third-order valence-electron chi connectivity index (χ3n) is 7.58. The first kappa shape index (κ1) is 28.7. The second-order valence-electron chi connectivity index (χ2n) is 10.5. The van der Waals surface area contributed by atoms with E-state index in [1.807, 2.05) is 31.2 Å². The lowest BCUT2D eigenvalue weighted by Gasteiger charge is -2.42. The fourth-order valence-electron chi connectivity index (χ4n) is 5.42. The number of piperazine rings is 1. The van der Waals surface area contributed by atoms with Crippen molar-refractivity contribution in [3.8, 4) is 23.2 Å². The van der Waals surface area contributed by atoms with Crippen LogP contribution in [0.3, 0.4) is 0 Å². The average molecular weight is 608 g/mol. The summed E-state index contributed by atoms with van der Waals surface area (Å²) in [6.45, 7) is 4.42. The lowest BCUT2D eigenvalue weighted by Crippen LogP contribution is -2.54. The molecule has 1 amide bonds. The molecule has 2 aromatic carbocycles. The number of rotatable bonds is 9. The number of halogens is 2. The molecule has 2 atom stereocenters. The monoisotopic (exact) mass is 607 g/mol. The Kier molecular flexibility index (Phi) is 8.30. The molecule has 1 saturated heterocycles. The van der Waals surface area contributed by atoms with Crippen molar-refractivity contribution in [2.24, 2.45) is 0 Å². The maximum Gasteiger partial charge on any atom is 0.238 e. The molecular weight excluding hydrogens is 577 g/mol. The van der Waals surface area contributed by atoms with Crippen LogP contribution in [0.15, 0.2) is 61.2 Å².